The Labute approximate surface area is 131 Å². The summed E-state index contributed by atoms with van der Waals surface area (Å²) in [5, 5.41) is 0.510. The van der Waals surface area contributed by atoms with Crippen molar-refractivity contribution >= 4 is 43.8 Å². The van der Waals surface area contributed by atoms with Gasteiger partial charge in [-0.2, -0.15) is 25.3 Å². The number of hydrogen-bond acceptors (Lipinski definition) is 7. The molecular weight excluding hydrogens is 320 g/mol. The molecule has 0 bridgehead atoms. The summed E-state index contributed by atoms with van der Waals surface area (Å²) in [6, 6.07) is 1.22. The van der Waals surface area contributed by atoms with E-state index in [0.717, 1.165) is 12.4 Å². The molecule has 0 rings (SSSR count). The quantitative estimate of drug-likeness (QED) is 0.254. The maximum atomic E-state index is 5.26. The zero-order valence-electron chi connectivity index (χ0n) is 12.4. The van der Waals surface area contributed by atoms with Gasteiger partial charge in [0.05, 0.1) is 5.38 Å². The molecule has 0 saturated heterocycles. The smallest absolute Gasteiger partial charge is 0.402 e. The molecule has 0 unspecified atom stereocenters. The van der Waals surface area contributed by atoms with Crippen molar-refractivity contribution in [2.45, 2.75) is 19.4 Å². The monoisotopic (exact) mass is 348 g/mol. The average Bonchev–Trinajstić information content (AvgIpc) is 2.47. The minimum atomic E-state index is -2.33. The lowest BCUT2D eigenvalue weighted by molar-refractivity contribution is 0.0242. The van der Waals surface area contributed by atoms with Crippen molar-refractivity contribution in [3.8, 4) is 0 Å². The van der Waals surface area contributed by atoms with E-state index in [1.165, 1.54) is 12.5 Å². The van der Waals surface area contributed by atoms with Gasteiger partial charge in [-0.3, -0.25) is 0 Å². The molecule has 118 valence electrons. The van der Waals surface area contributed by atoms with Crippen molar-refractivity contribution in [3.05, 3.63) is 0 Å². The predicted molar refractivity (Wildman–Crippen MR) is 90.0 cm³/mol. The molecule has 0 aromatic rings. The van der Waals surface area contributed by atoms with Gasteiger partial charge < -0.3 is 22.4 Å². The molecule has 0 aliphatic heterocycles. The SMILES string of the molecule is CCOCO[SiH2]CCCS.CO[Si](CS)(OC)OC. The topological polar surface area (TPSA) is 46.2 Å². The number of thiol groups is 2. The van der Waals surface area contributed by atoms with Gasteiger partial charge in [0, 0.05) is 27.9 Å². The minimum Gasteiger partial charge on any atom is -0.402 e. The summed E-state index contributed by atoms with van der Waals surface area (Å²) in [6.45, 7) is 3.22. The van der Waals surface area contributed by atoms with Crippen LogP contribution in [-0.2, 0) is 22.4 Å². The summed E-state index contributed by atoms with van der Waals surface area (Å²) < 4.78 is 25.3. The second kappa shape index (κ2) is 17.0. The molecule has 0 atom stereocenters. The molecule has 0 saturated carbocycles. The Hall–Kier alpha value is 0.934. The maximum absolute atomic E-state index is 5.26. The van der Waals surface area contributed by atoms with Gasteiger partial charge in [0.25, 0.3) is 0 Å². The van der Waals surface area contributed by atoms with Crippen LogP contribution in [0.1, 0.15) is 13.3 Å². The van der Waals surface area contributed by atoms with Crippen molar-refractivity contribution in [3.63, 3.8) is 0 Å². The minimum absolute atomic E-state index is 0.294. The van der Waals surface area contributed by atoms with Gasteiger partial charge in [-0.25, -0.2) is 0 Å². The first-order valence-corrected chi connectivity index (χ1v) is 11.0. The third-order valence-corrected chi connectivity index (χ3v) is 7.17. The van der Waals surface area contributed by atoms with Crippen molar-refractivity contribution in [2.75, 3.05) is 45.9 Å². The zero-order valence-corrected chi connectivity index (χ0v) is 16.6. The highest BCUT2D eigenvalue weighted by Crippen LogP contribution is 2.06. The van der Waals surface area contributed by atoms with Gasteiger partial charge in [-0.05, 0) is 25.1 Å². The lowest BCUT2D eigenvalue weighted by Crippen LogP contribution is -2.45. The van der Waals surface area contributed by atoms with Crippen LogP contribution in [-0.4, -0.2) is 64.4 Å². The zero-order chi connectivity index (χ0) is 15.0. The van der Waals surface area contributed by atoms with E-state index in [-0.39, 0.29) is 9.76 Å². The molecule has 5 nitrogen and oxygen atoms in total. The predicted octanol–water partition coefficient (Wildman–Crippen LogP) is 1.15. The largest absolute Gasteiger partial charge is 0.510 e. The van der Waals surface area contributed by atoms with Crippen LogP contribution in [0.5, 0.6) is 0 Å². The van der Waals surface area contributed by atoms with Crippen LogP contribution in [0.25, 0.3) is 0 Å². The summed E-state index contributed by atoms with van der Waals surface area (Å²) in [7, 11) is 2.07. The fraction of sp³-hybridized carbons (Fsp3) is 1.00. The molecule has 0 spiro atoms. The van der Waals surface area contributed by atoms with E-state index < -0.39 is 8.80 Å². The van der Waals surface area contributed by atoms with Crippen LogP contribution in [0, 0.1) is 0 Å². The maximum Gasteiger partial charge on any atom is 0.510 e. The number of hydrogen-bond donors (Lipinski definition) is 2. The first kappa shape index (κ1) is 22.2. The van der Waals surface area contributed by atoms with Crippen molar-refractivity contribution < 1.29 is 22.4 Å². The second-order valence-electron chi connectivity index (χ2n) is 3.40. The Morgan fingerprint density at radius 1 is 1.05 bits per heavy atom. The molecular formula is C10H28O5S2Si2. The molecule has 0 N–H and O–H groups in total. The number of ether oxygens (including phenoxy) is 1. The number of rotatable bonds is 11. The highest BCUT2D eigenvalue weighted by atomic mass is 32.1. The van der Waals surface area contributed by atoms with Gasteiger partial charge in [0.1, 0.15) is 6.79 Å². The highest BCUT2D eigenvalue weighted by molar-refractivity contribution is 7.82. The molecule has 0 fully saturated rings. The molecule has 0 heterocycles. The normalized spacial score (nSPS) is 11.7. The third-order valence-electron chi connectivity index (χ3n) is 2.19. The van der Waals surface area contributed by atoms with Crippen LogP contribution in [0.3, 0.4) is 0 Å². The molecule has 0 radical (unpaired) electrons. The molecule has 9 heteroatoms. The Kier molecular flexibility index (Phi) is 19.9. The second-order valence-corrected chi connectivity index (χ2v) is 9.23. The standard InChI is InChI=1S/C6H16O2SSi.C4H12O3SSi/c1-2-7-6-8-10-5-3-4-9;1-5-9(4-8,6-2)7-3/h9H,2-6,10H2,1H3;8H,4H2,1-3H3. The van der Waals surface area contributed by atoms with E-state index in [9.17, 15) is 0 Å². The van der Waals surface area contributed by atoms with Gasteiger partial charge in [0.15, 0.2) is 9.76 Å². The highest BCUT2D eigenvalue weighted by Gasteiger charge is 2.35. The summed E-state index contributed by atoms with van der Waals surface area (Å²) in [5.74, 6) is 0.977. The van der Waals surface area contributed by atoms with Gasteiger partial charge in [-0.15, -0.1) is 0 Å². The van der Waals surface area contributed by atoms with E-state index >= 15 is 0 Å². The fourth-order valence-corrected chi connectivity index (χ4v) is 4.55. The molecule has 19 heavy (non-hydrogen) atoms. The first-order chi connectivity index (χ1) is 9.16. The Bertz CT molecular complexity index is 150. The summed E-state index contributed by atoms with van der Waals surface area (Å²) in [6.07, 6.45) is 1.18. The van der Waals surface area contributed by atoms with E-state index in [1.807, 2.05) is 6.92 Å². The fourth-order valence-electron chi connectivity index (χ4n) is 0.961. The summed E-state index contributed by atoms with van der Waals surface area (Å²) in [4.78, 5) is 0. The van der Waals surface area contributed by atoms with Crippen LogP contribution in [0.4, 0.5) is 0 Å². The lowest BCUT2D eigenvalue weighted by atomic mass is 10.6. The Balaban J connectivity index is 0. The molecule has 0 amide bonds. The van der Waals surface area contributed by atoms with Gasteiger partial charge in [-0.1, -0.05) is 0 Å². The molecule has 0 aromatic carbocycles. The molecule has 0 aliphatic carbocycles. The Morgan fingerprint density at radius 2 is 1.63 bits per heavy atom. The lowest BCUT2D eigenvalue weighted by Gasteiger charge is -2.21. The van der Waals surface area contributed by atoms with Crippen molar-refractivity contribution in [1.29, 1.82) is 0 Å². The van der Waals surface area contributed by atoms with Crippen LogP contribution in [0.15, 0.2) is 0 Å². The first-order valence-electron chi connectivity index (χ1n) is 6.18. The van der Waals surface area contributed by atoms with Crippen molar-refractivity contribution in [2.24, 2.45) is 0 Å². The Morgan fingerprint density at radius 3 is 1.95 bits per heavy atom. The summed E-state index contributed by atoms with van der Waals surface area (Å²) >= 11 is 8.13. The van der Waals surface area contributed by atoms with Crippen LogP contribution < -0.4 is 0 Å². The van der Waals surface area contributed by atoms with E-state index in [2.05, 4.69) is 25.3 Å². The average molecular weight is 349 g/mol. The summed E-state index contributed by atoms with van der Waals surface area (Å²) in [5.41, 5.74) is 0. The van der Waals surface area contributed by atoms with Crippen LogP contribution >= 0.6 is 25.3 Å². The van der Waals surface area contributed by atoms with E-state index in [0.29, 0.717) is 12.2 Å². The van der Waals surface area contributed by atoms with Crippen molar-refractivity contribution in [1.82, 2.24) is 0 Å². The van der Waals surface area contributed by atoms with Gasteiger partial charge >= 0.3 is 8.80 Å². The third kappa shape index (κ3) is 13.7. The molecule has 0 aromatic heterocycles. The van der Waals surface area contributed by atoms with Gasteiger partial charge in [0.2, 0.25) is 0 Å². The van der Waals surface area contributed by atoms with Crippen LogP contribution in [0.2, 0.25) is 6.04 Å². The van der Waals surface area contributed by atoms with E-state index in [4.69, 9.17) is 22.4 Å². The van der Waals surface area contributed by atoms with E-state index in [1.54, 1.807) is 21.3 Å². The molecule has 0 aliphatic rings.